The molecule has 0 saturated heterocycles. The van der Waals surface area contributed by atoms with Gasteiger partial charge in [0.1, 0.15) is 0 Å². The van der Waals surface area contributed by atoms with E-state index < -0.39 is 10.0 Å². The third-order valence-corrected chi connectivity index (χ3v) is 9.97. The fraction of sp³-hybridized carbons (Fsp3) is 0.370. The number of carbonyl (C=O) groups excluding carboxylic acids is 1. The highest BCUT2D eigenvalue weighted by Crippen LogP contribution is 2.31. The first-order valence-corrected chi connectivity index (χ1v) is 15.0. The van der Waals surface area contributed by atoms with Gasteiger partial charge in [0.15, 0.2) is 5.13 Å². The standard InChI is InChI=1S/C27H31N5O3S2/c1-2-32(22-9-4-3-5-10-22)37(34,35)23-15-13-21(14-16-23)26(33)31(20-19-30-18-8-17-28-30)27-29-24-11-6-7-12-25(24)36-27/h6-8,11-18,22H,2-5,9-10,19-20H2,1H3. The minimum absolute atomic E-state index is 0.0434. The molecule has 2 aromatic heterocycles. The van der Waals surface area contributed by atoms with Crippen molar-refractivity contribution < 1.29 is 13.2 Å². The van der Waals surface area contributed by atoms with Crippen LogP contribution in [0.25, 0.3) is 10.2 Å². The molecule has 1 saturated carbocycles. The number of hydrogen-bond donors (Lipinski definition) is 0. The fourth-order valence-electron chi connectivity index (χ4n) is 4.95. The molecular weight excluding hydrogens is 506 g/mol. The number of rotatable bonds is 9. The molecule has 2 heterocycles. The van der Waals surface area contributed by atoms with E-state index in [1.165, 1.54) is 11.3 Å². The van der Waals surface area contributed by atoms with Crippen LogP contribution < -0.4 is 4.90 Å². The lowest BCUT2D eigenvalue weighted by Gasteiger charge is -2.32. The molecule has 0 bridgehead atoms. The molecule has 4 aromatic rings. The van der Waals surface area contributed by atoms with E-state index in [2.05, 4.69) is 5.10 Å². The van der Waals surface area contributed by atoms with Gasteiger partial charge in [0, 0.05) is 37.1 Å². The van der Waals surface area contributed by atoms with E-state index in [0.717, 1.165) is 42.3 Å². The number of amides is 1. The summed E-state index contributed by atoms with van der Waals surface area (Å²) >= 11 is 1.46. The van der Waals surface area contributed by atoms with Crippen molar-refractivity contribution >= 4 is 42.6 Å². The molecule has 0 unspecified atom stereocenters. The Morgan fingerprint density at radius 1 is 1.05 bits per heavy atom. The number of para-hydroxylation sites is 1. The summed E-state index contributed by atoms with van der Waals surface area (Å²) in [4.78, 5) is 20.2. The number of fused-ring (bicyclic) bond motifs is 1. The Bertz CT molecular complexity index is 1410. The van der Waals surface area contributed by atoms with Crippen LogP contribution in [0.4, 0.5) is 5.13 Å². The van der Waals surface area contributed by atoms with Crippen molar-refractivity contribution in [2.45, 2.75) is 56.5 Å². The van der Waals surface area contributed by atoms with E-state index in [9.17, 15) is 13.2 Å². The molecule has 1 aliphatic rings. The van der Waals surface area contributed by atoms with E-state index in [1.807, 2.05) is 43.5 Å². The van der Waals surface area contributed by atoms with E-state index >= 15 is 0 Å². The number of benzene rings is 2. The second-order valence-electron chi connectivity index (χ2n) is 9.21. The van der Waals surface area contributed by atoms with Crippen LogP contribution in [-0.2, 0) is 16.6 Å². The number of aromatic nitrogens is 3. The van der Waals surface area contributed by atoms with Crippen molar-refractivity contribution in [1.82, 2.24) is 19.1 Å². The molecule has 8 nitrogen and oxygen atoms in total. The average Bonchev–Trinajstić information content (AvgIpc) is 3.60. The summed E-state index contributed by atoms with van der Waals surface area (Å²) in [6.07, 6.45) is 8.64. The summed E-state index contributed by atoms with van der Waals surface area (Å²) in [6.45, 7) is 3.21. The Morgan fingerprint density at radius 2 is 1.81 bits per heavy atom. The van der Waals surface area contributed by atoms with Crippen LogP contribution in [0.1, 0.15) is 49.4 Å². The topological polar surface area (TPSA) is 88.4 Å². The summed E-state index contributed by atoms with van der Waals surface area (Å²) in [7, 11) is -3.64. The van der Waals surface area contributed by atoms with Gasteiger partial charge in [0.05, 0.1) is 21.7 Å². The molecule has 1 fully saturated rings. The largest absolute Gasteiger partial charge is 0.282 e. The Labute approximate surface area is 221 Å². The van der Waals surface area contributed by atoms with E-state index in [4.69, 9.17) is 4.98 Å². The van der Waals surface area contributed by atoms with Crippen LogP contribution in [0.3, 0.4) is 0 Å². The van der Waals surface area contributed by atoms with Gasteiger partial charge in [-0.25, -0.2) is 13.4 Å². The number of carbonyl (C=O) groups is 1. The molecule has 1 aliphatic carbocycles. The number of hydrogen-bond acceptors (Lipinski definition) is 6. The van der Waals surface area contributed by atoms with Crippen molar-refractivity contribution in [3.63, 3.8) is 0 Å². The Kier molecular flexibility index (Phi) is 7.68. The Morgan fingerprint density at radius 3 is 2.49 bits per heavy atom. The van der Waals surface area contributed by atoms with Gasteiger partial charge < -0.3 is 0 Å². The maximum absolute atomic E-state index is 13.7. The quantitative estimate of drug-likeness (QED) is 0.293. The maximum Gasteiger partial charge on any atom is 0.260 e. The van der Waals surface area contributed by atoms with E-state index in [-0.39, 0.29) is 16.8 Å². The lowest BCUT2D eigenvalue weighted by atomic mass is 9.95. The van der Waals surface area contributed by atoms with Gasteiger partial charge in [-0.05, 0) is 55.3 Å². The molecule has 0 N–H and O–H groups in total. The van der Waals surface area contributed by atoms with Gasteiger partial charge in [-0.3, -0.25) is 14.4 Å². The van der Waals surface area contributed by atoms with Gasteiger partial charge in [-0.15, -0.1) is 0 Å². The van der Waals surface area contributed by atoms with Crippen LogP contribution in [0.2, 0.25) is 0 Å². The van der Waals surface area contributed by atoms with Gasteiger partial charge in [-0.1, -0.05) is 49.7 Å². The third kappa shape index (κ3) is 5.46. The lowest BCUT2D eigenvalue weighted by Crippen LogP contribution is -2.41. The monoisotopic (exact) mass is 537 g/mol. The molecule has 0 spiro atoms. The Hall–Kier alpha value is -3.08. The summed E-state index contributed by atoms with van der Waals surface area (Å²) in [6, 6.07) is 16.0. The average molecular weight is 538 g/mol. The highest BCUT2D eigenvalue weighted by molar-refractivity contribution is 7.89. The van der Waals surface area contributed by atoms with Gasteiger partial charge in [-0.2, -0.15) is 9.40 Å². The van der Waals surface area contributed by atoms with Crippen molar-refractivity contribution in [3.8, 4) is 0 Å². The van der Waals surface area contributed by atoms with Crippen LogP contribution in [0.5, 0.6) is 0 Å². The first kappa shape index (κ1) is 25.6. The molecule has 0 aliphatic heterocycles. The van der Waals surface area contributed by atoms with Crippen LogP contribution >= 0.6 is 11.3 Å². The van der Waals surface area contributed by atoms with E-state index in [1.54, 1.807) is 44.3 Å². The highest BCUT2D eigenvalue weighted by Gasteiger charge is 2.31. The van der Waals surface area contributed by atoms with Gasteiger partial charge in [0.25, 0.3) is 5.91 Å². The van der Waals surface area contributed by atoms with Gasteiger partial charge in [0.2, 0.25) is 10.0 Å². The maximum atomic E-state index is 13.7. The molecule has 1 amide bonds. The summed E-state index contributed by atoms with van der Waals surface area (Å²) < 4.78 is 31.3. The molecular formula is C27H31N5O3S2. The molecule has 0 atom stereocenters. The Balaban J connectivity index is 1.41. The highest BCUT2D eigenvalue weighted by atomic mass is 32.2. The predicted molar refractivity (Wildman–Crippen MR) is 146 cm³/mol. The van der Waals surface area contributed by atoms with Crippen molar-refractivity contribution in [1.29, 1.82) is 0 Å². The lowest BCUT2D eigenvalue weighted by molar-refractivity contribution is 0.0985. The third-order valence-electron chi connectivity index (χ3n) is 6.87. The first-order chi connectivity index (χ1) is 18.0. The molecule has 5 rings (SSSR count). The predicted octanol–water partition coefficient (Wildman–Crippen LogP) is 5.18. The van der Waals surface area contributed by atoms with E-state index in [0.29, 0.717) is 30.3 Å². The molecule has 2 aromatic carbocycles. The second-order valence-corrected chi connectivity index (χ2v) is 12.1. The second kappa shape index (κ2) is 11.1. The smallest absolute Gasteiger partial charge is 0.260 e. The summed E-state index contributed by atoms with van der Waals surface area (Å²) in [5.41, 5.74) is 1.25. The van der Waals surface area contributed by atoms with Crippen LogP contribution in [0.15, 0.2) is 71.9 Å². The number of anilines is 1. The minimum atomic E-state index is -3.64. The molecule has 0 radical (unpaired) electrons. The number of nitrogens with zero attached hydrogens (tertiary/aromatic N) is 5. The molecule has 10 heteroatoms. The fourth-order valence-corrected chi connectivity index (χ4v) is 7.63. The van der Waals surface area contributed by atoms with Crippen LogP contribution in [0, 0.1) is 0 Å². The molecule has 194 valence electrons. The van der Waals surface area contributed by atoms with Crippen molar-refractivity contribution in [2.75, 3.05) is 18.0 Å². The number of sulfonamides is 1. The number of thiazole rings is 1. The normalized spacial score (nSPS) is 14.9. The zero-order valence-corrected chi connectivity index (χ0v) is 22.5. The molecule has 37 heavy (non-hydrogen) atoms. The van der Waals surface area contributed by atoms with Gasteiger partial charge >= 0.3 is 0 Å². The van der Waals surface area contributed by atoms with Crippen molar-refractivity contribution in [3.05, 3.63) is 72.6 Å². The summed E-state index contributed by atoms with van der Waals surface area (Å²) in [5.74, 6) is -0.227. The zero-order chi connectivity index (χ0) is 25.8. The zero-order valence-electron chi connectivity index (χ0n) is 20.9. The first-order valence-electron chi connectivity index (χ1n) is 12.7. The van der Waals surface area contributed by atoms with Crippen molar-refractivity contribution in [2.24, 2.45) is 0 Å². The minimum Gasteiger partial charge on any atom is -0.282 e. The SMILES string of the molecule is CCN(C1CCCCC1)S(=O)(=O)c1ccc(C(=O)N(CCn2cccn2)c2nc3ccccc3s2)cc1. The summed E-state index contributed by atoms with van der Waals surface area (Å²) in [5, 5.41) is 4.85. The van der Waals surface area contributed by atoms with Crippen LogP contribution in [-0.4, -0.2) is 52.5 Å².